The molecule has 1 nitrogen and oxygen atoms in total. The first-order valence-corrected chi connectivity index (χ1v) is 3.97. The molecule has 0 saturated heterocycles. The predicted octanol–water partition coefficient (Wildman–Crippen LogP) is 0.760. The Morgan fingerprint density at radius 3 is 3.29 bits per heavy atom. The van der Waals surface area contributed by atoms with Gasteiger partial charge < -0.3 is 0 Å². The molecule has 1 rings (SSSR count). The zero-order valence-electron chi connectivity index (χ0n) is 3.74. The van der Waals surface area contributed by atoms with E-state index in [4.69, 9.17) is 0 Å². The molecular formula is C5H5NSe. The zero-order chi connectivity index (χ0) is 4.95. The van der Waals surface area contributed by atoms with Gasteiger partial charge in [0.1, 0.15) is 0 Å². The summed E-state index contributed by atoms with van der Waals surface area (Å²) in [6, 6.07) is 0. The van der Waals surface area contributed by atoms with Crippen LogP contribution in [0.4, 0.5) is 0 Å². The molecule has 0 N–H and O–H groups in total. The Labute approximate surface area is 49.0 Å². The molecule has 0 bridgehead atoms. The van der Waals surface area contributed by atoms with E-state index in [-0.39, 0.29) is 0 Å². The second kappa shape index (κ2) is 2.78. The molecule has 36 valence electrons. The Bertz CT molecular complexity index is 110. The van der Waals surface area contributed by atoms with E-state index < -0.39 is 0 Å². The van der Waals surface area contributed by atoms with Gasteiger partial charge >= 0.3 is 48.4 Å². The molecule has 1 aliphatic rings. The van der Waals surface area contributed by atoms with Gasteiger partial charge in [0, 0.05) is 0 Å². The molecule has 1 aliphatic heterocycles. The van der Waals surface area contributed by atoms with Crippen molar-refractivity contribution in [3.63, 3.8) is 0 Å². The van der Waals surface area contributed by atoms with Gasteiger partial charge in [0.2, 0.25) is 0 Å². The van der Waals surface area contributed by atoms with Crippen LogP contribution < -0.4 is 0 Å². The van der Waals surface area contributed by atoms with Gasteiger partial charge in [-0.05, 0) is 0 Å². The number of hydrogen-bond acceptors (Lipinski definition) is 1. The molecule has 0 unspecified atom stereocenters. The van der Waals surface area contributed by atoms with E-state index in [0.717, 1.165) is 0 Å². The van der Waals surface area contributed by atoms with E-state index in [1.165, 1.54) is 0 Å². The van der Waals surface area contributed by atoms with Crippen LogP contribution in [0.5, 0.6) is 0 Å². The van der Waals surface area contributed by atoms with Crippen LogP contribution in [-0.4, -0.2) is 20.1 Å². The van der Waals surface area contributed by atoms with Crippen LogP contribution >= 0.6 is 0 Å². The number of rotatable bonds is 0. The van der Waals surface area contributed by atoms with Crippen molar-refractivity contribution in [2.75, 3.05) is 0 Å². The second-order valence-electron chi connectivity index (χ2n) is 1.06. The molecule has 1 heterocycles. The molecule has 7 heavy (non-hydrogen) atoms. The third kappa shape index (κ3) is 1.72. The normalized spacial score (nSPS) is 17.1. The molecule has 0 aromatic carbocycles. The predicted molar refractivity (Wildman–Crippen MR) is 32.5 cm³/mol. The molecule has 0 aromatic rings. The Balaban J connectivity index is 2.60. The molecule has 2 heteroatoms. The van der Waals surface area contributed by atoms with Crippen LogP contribution in [0.1, 0.15) is 0 Å². The fourth-order valence-corrected chi connectivity index (χ4v) is 1.12. The number of aliphatic imine (C=N–C) groups is 1. The van der Waals surface area contributed by atoms with Crippen molar-refractivity contribution in [3.05, 3.63) is 23.3 Å². The van der Waals surface area contributed by atoms with Gasteiger partial charge in [0.05, 0.1) is 0 Å². The van der Waals surface area contributed by atoms with Gasteiger partial charge in [0.25, 0.3) is 0 Å². The van der Waals surface area contributed by atoms with Crippen molar-refractivity contribution in [2.24, 2.45) is 4.99 Å². The molecule has 0 spiro atoms. The summed E-state index contributed by atoms with van der Waals surface area (Å²) < 4.78 is 0. The van der Waals surface area contributed by atoms with Gasteiger partial charge in [-0.1, -0.05) is 0 Å². The molecule has 0 amide bonds. The molecular weight excluding hydrogens is 153 g/mol. The molecule has 0 saturated carbocycles. The van der Waals surface area contributed by atoms with Gasteiger partial charge in [-0.25, -0.2) is 0 Å². The quantitative estimate of drug-likeness (QED) is 0.461. The maximum absolute atomic E-state index is 3.93. The average Bonchev–Trinajstić information content (AvgIpc) is 1.90. The summed E-state index contributed by atoms with van der Waals surface area (Å²) in [6.07, 6.45) is 5.75. The van der Waals surface area contributed by atoms with E-state index in [9.17, 15) is 0 Å². The third-order valence-electron chi connectivity index (χ3n) is 0.562. The summed E-state index contributed by atoms with van der Waals surface area (Å²) in [5, 5.41) is 1.94. The minimum atomic E-state index is 0.503. The molecule has 0 radical (unpaired) electrons. The first-order chi connectivity index (χ1) is 3.50. The third-order valence-corrected chi connectivity index (χ3v) is 1.73. The molecule has 0 fully saturated rings. The SMILES string of the molecule is C1=CN=C[Se]C=C1. The minimum absolute atomic E-state index is 0.503. The van der Waals surface area contributed by atoms with Crippen LogP contribution in [0.15, 0.2) is 28.3 Å². The van der Waals surface area contributed by atoms with Crippen molar-refractivity contribution >= 4 is 20.1 Å². The first-order valence-electron chi connectivity index (χ1n) is 1.99. The topological polar surface area (TPSA) is 12.4 Å². The summed E-state index contributed by atoms with van der Waals surface area (Å²) in [6.45, 7) is 0. The van der Waals surface area contributed by atoms with E-state index >= 15 is 0 Å². The summed E-state index contributed by atoms with van der Waals surface area (Å²) >= 11 is 0.503. The van der Waals surface area contributed by atoms with Crippen molar-refractivity contribution in [2.45, 2.75) is 0 Å². The van der Waals surface area contributed by atoms with Gasteiger partial charge in [-0.15, -0.1) is 0 Å². The van der Waals surface area contributed by atoms with Crippen molar-refractivity contribution in [1.29, 1.82) is 0 Å². The first kappa shape index (κ1) is 4.82. The number of hydrogen-bond donors (Lipinski definition) is 0. The van der Waals surface area contributed by atoms with Gasteiger partial charge in [0.15, 0.2) is 0 Å². The van der Waals surface area contributed by atoms with E-state index in [1.54, 1.807) is 6.20 Å². The summed E-state index contributed by atoms with van der Waals surface area (Å²) in [4.78, 5) is 6.06. The summed E-state index contributed by atoms with van der Waals surface area (Å²) in [5.41, 5.74) is 0. The van der Waals surface area contributed by atoms with Crippen molar-refractivity contribution in [3.8, 4) is 0 Å². The standard InChI is InChI=1S/C5H5NSe/c1-2-4-7-5-6-3-1/h1-5H. The number of nitrogens with zero attached hydrogens (tertiary/aromatic N) is 1. The van der Waals surface area contributed by atoms with Crippen LogP contribution in [0.3, 0.4) is 0 Å². The fourth-order valence-electron chi connectivity index (χ4n) is 0.296. The van der Waals surface area contributed by atoms with E-state index in [2.05, 4.69) is 9.97 Å². The van der Waals surface area contributed by atoms with Crippen LogP contribution in [0, 0.1) is 0 Å². The maximum atomic E-state index is 3.93. The Kier molecular flexibility index (Phi) is 1.91. The molecule has 0 atom stereocenters. The second-order valence-corrected chi connectivity index (χ2v) is 2.64. The molecule has 0 aliphatic carbocycles. The fraction of sp³-hybridized carbons (Fsp3) is 0. The van der Waals surface area contributed by atoms with E-state index in [1.807, 2.05) is 17.3 Å². The Morgan fingerprint density at radius 1 is 1.29 bits per heavy atom. The van der Waals surface area contributed by atoms with Crippen LogP contribution in [0.2, 0.25) is 0 Å². The summed E-state index contributed by atoms with van der Waals surface area (Å²) in [5.74, 6) is 0. The van der Waals surface area contributed by atoms with Gasteiger partial charge in [-0.2, -0.15) is 0 Å². The van der Waals surface area contributed by atoms with E-state index in [0.29, 0.717) is 15.0 Å². The van der Waals surface area contributed by atoms with Crippen molar-refractivity contribution in [1.82, 2.24) is 0 Å². The van der Waals surface area contributed by atoms with Gasteiger partial charge in [-0.3, -0.25) is 0 Å². The monoisotopic (exact) mass is 159 g/mol. The molecule has 0 aromatic heterocycles. The van der Waals surface area contributed by atoms with Crippen LogP contribution in [0.25, 0.3) is 0 Å². The van der Waals surface area contributed by atoms with Crippen LogP contribution in [-0.2, 0) is 0 Å². The Morgan fingerprint density at radius 2 is 2.29 bits per heavy atom. The summed E-state index contributed by atoms with van der Waals surface area (Å²) in [7, 11) is 0. The average molecular weight is 158 g/mol. The zero-order valence-corrected chi connectivity index (χ0v) is 5.46. The number of allylic oxidation sites excluding steroid dienone is 2. The Hall–Kier alpha value is -0.331. The van der Waals surface area contributed by atoms with Crippen molar-refractivity contribution < 1.29 is 0 Å².